The lowest BCUT2D eigenvalue weighted by atomic mass is 10.1. The van der Waals surface area contributed by atoms with E-state index in [-0.39, 0.29) is 16.2 Å². The van der Waals surface area contributed by atoms with Crippen LogP contribution in [0.5, 0.6) is 0 Å². The molecule has 7 nitrogen and oxygen atoms in total. The molecule has 1 aliphatic rings. The molecule has 1 aromatic heterocycles. The van der Waals surface area contributed by atoms with Crippen molar-refractivity contribution in [3.8, 4) is 5.69 Å². The number of aromatic carboxylic acids is 1. The summed E-state index contributed by atoms with van der Waals surface area (Å²) in [6, 6.07) is 15.7. The van der Waals surface area contributed by atoms with Crippen molar-refractivity contribution in [2.24, 2.45) is 0 Å². The lowest BCUT2D eigenvalue weighted by molar-refractivity contribution is -0.122. The maximum absolute atomic E-state index is 13.3. The van der Waals surface area contributed by atoms with Gasteiger partial charge in [-0.1, -0.05) is 24.3 Å². The van der Waals surface area contributed by atoms with Crippen LogP contribution in [0.2, 0.25) is 0 Å². The van der Waals surface area contributed by atoms with Gasteiger partial charge < -0.3 is 9.67 Å². The first kappa shape index (κ1) is 22.2. The summed E-state index contributed by atoms with van der Waals surface area (Å²) >= 11 is 5.28. The Labute approximate surface area is 196 Å². The fourth-order valence-corrected chi connectivity index (χ4v) is 4.23. The number of carbonyl (C=O) groups is 3. The van der Waals surface area contributed by atoms with Crippen LogP contribution in [0.15, 0.2) is 60.2 Å². The van der Waals surface area contributed by atoms with E-state index in [0.29, 0.717) is 16.9 Å². The highest BCUT2D eigenvalue weighted by molar-refractivity contribution is 7.80. The van der Waals surface area contributed by atoms with Crippen molar-refractivity contribution in [1.82, 2.24) is 9.88 Å². The standard InChI is InChI=1S/C25H21N3O4S/c1-14-7-4-5-10-21(14)28-23(30)20(22(29)26-25(28)33)13-18-11-15(2)27(16(18)3)19-9-6-8-17(12-19)24(31)32/h4-13H,1-3H3,(H,31,32)(H,26,29,33)/b20-13+. The molecule has 2 aromatic carbocycles. The Balaban J connectivity index is 1.78. The summed E-state index contributed by atoms with van der Waals surface area (Å²) in [5.41, 5.74) is 4.53. The van der Waals surface area contributed by atoms with Crippen molar-refractivity contribution in [2.75, 3.05) is 4.90 Å². The summed E-state index contributed by atoms with van der Waals surface area (Å²) < 4.78 is 1.88. The van der Waals surface area contributed by atoms with E-state index < -0.39 is 17.8 Å². The number of nitrogens with one attached hydrogen (secondary N) is 1. The van der Waals surface area contributed by atoms with E-state index in [9.17, 15) is 19.5 Å². The highest BCUT2D eigenvalue weighted by Gasteiger charge is 2.35. The Kier molecular flexibility index (Phi) is 5.69. The molecule has 2 heterocycles. The lowest BCUT2D eigenvalue weighted by Crippen LogP contribution is -2.54. The SMILES string of the molecule is Cc1ccccc1N1C(=O)/C(=C/c2cc(C)n(-c3cccc(C(=O)O)c3)c2C)C(=O)NC1=S. The molecule has 4 rings (SSSR count). The third-order valence-electron chi connectivity index (χ3n) is 5.58. The number of carbonyl (C=O) groups excluding carboxylic acids is 2. The Bertz CT molecular complexity index is 1370. The minimum atomic E-state index is -1.02. The van der Waals surface area contributed by atoms with E-state index in [0.717, 1.165) is 17.0 Å². The summed E-state index contributed by atoms with van der Waals surface area (Å²) in [6.45, 7) is 5.59. The number of hydrogen-bond donors (Lipinski definition) is 2. The number of anilines is 1. The first-order chi connectivity index (χ1) is 15.7. The fourth-order valence-electron chi connectivity index (χ4n) is 3.96. The quantitative estimate of drug-likeness (QED) is 0.350. The summed E-state index contributed by atoms with van der Waals surface area (Å²) in [5, 5.41) is 12.0. The first-order valence-electron chi connectivity index (χ1n) is 10.2. The van der Waals surface area contributed by atoms with Gasteiger partial charge in [0.15, 0.2) is 5.11 Å². The molecule has 8 heteroatoms. The van der Waals surface area contributed by atoms with Gasteiger partial charge in [-0.15, -0.1) is 0 Å². The second-order valence-corrected chi connectivity index (χ2v) is 8.15. The number of benzene rings is 2. The molecule has 0 saturated carbocycles. The molecule has 0 unspecified atom stereocenters. The minimum absolute atomic E-state index is 0.0346. The van der Waals surface area contributed by atoms with E-state index in [1.807, 2.05) is 43.5 Å². The molecule has 0 bridgehead atoms. The minimum Gasteiger partial charge on any atom is -0.478 e. The molecule has 1 fully saturated rings. The molecular weight excluding hydrogens is 438 g/mol. The number of carboxylic acid groups (broad SMARTS) is 1. The normalized spacial score (nSPS) is 15.2. The average molecular weight is 460 g/mol. The van der Waals surface area contributed by atoms with Gasteiger partial charge in [0, 0.05) is 17.1 Å². The van der Waals surface area contributed by atoms with Crippen LogP contribution in [-0.2, 0) is 9.59 Å². The Morgan fingerprint density at radius 2 is 1.76 bits per heavy atom. The van der Waals surface area contributed by atoms with Crippen molar-refractivity contribution in [3.05, 3.63) is 88.2 Å². The number of para-hydroxylation sites is 1. The zero-order valence-electron chi connectivity index (χ0n) is 18.2. The van der Waals surface area contributed by atoms with Crippen LogP contribution in [0.4, 0.5) is 5.69 Å². The summed E-state index contributed by atoms with van der Waals surface area (Å²) in [5.74, 6) is -2.08. The maximum atomic E-state index is 13.3. The molecule has 2 amide bonds. The van der Waals surface area contributed by atoms with Gasteiger partial charge in [0.2, 0.25) is 0 Å². The molecule has 1 aliphatic heterocycles. The number of thiocarbonyl (C=S) groups is 1. The molecule has 0 atom stereocenters. The van der Waals surface area contributed by atoms with Crippen LogP contribution in [0.3, 0.4) is 0 Å². The largest absolute Gasteiger partial charge is 0.478 e. The number of hydrogen-bond acceptors (Lipinski definition) is 4. The second kappa shape index (κ2) is 8.48. The third kappa shape index (κ3) is 3.96. The molecule has 0 aliphatic carbocycles. The Hall–Kier alpha value is -4.04. The van der Waals surface area contributed by atoms with E-state index in [2.05, 4.69) is 5.32 Å². The number of aryl methyl sites for hydroxylation is 2. The van der Waals surface area contributed by atoms with Crippen LogP contribution in [0, 0.1) is 20.8 Å². The average Bonchev–Trinajstić information content (AvgIpc) is 3.05. The number of rotatable bonds is 4. The smallest absolute Gasteiger partial charge is 0.335 e. The fraction of sp³-hybridized carbons (Fsp3) is 0.120. The van der Waals surface area contributed by atoms with Crippen LogP contribution < -0.4 is 10.2 Å². The zero-order chi connectivity index (χ0) is 23.9. The van der Waals surface area contributed by atoms with E-state index in [1.165, 1.54) is 11.0 Å². The summed E-state index contributed by atoms with van der Waals surface area (Å²) in [4.78, 5) is 38.7. The highest BCUT2D eigenvalue weighted by Crippen LogP contribution is 2.27. The highest BCUT2D eigenvalue weighted by atomic mass is 32.1. The molecule has 2 N–H and O–H groups in total. The van der Waals surface area contributed by atoms with Crippen molar-refractivity contribution in [1.29, 1.82) is 0 Å². The monoisotopic (exact) mass is 459 g/mol. The number of nitrogens with zero attached hydrogens (tertiary/aromatic N) is 2. The Morgan fingerprint density at radius 3 is 2.45 bits per heavy atom. The van der Waals surface area contributed by atoms with Crippen LogP contribution in [0.1, 0.15) is 32.9 Å². The van der Waals surface area contributed by atoms with E-state index >= 15 is 0 Å². The predicted octanol–water partition coefficient (Wildman–Crippen LogP) is 3.93. The second-order valence-electron chi connectivity index (χ2n) is 7.76. The summed E-state index contributed by atoms with van der Waals surface area (Å²) in [7, 11) is 0. The van der Waals surface area contributed by atoms with Gasteiger partial charge in [-0.3, -0.25) is 19.8 Å². The summed E-state index contributed by atoms with van der Waals surface area (Å²) in [6.07, 6.45) is 1.55. The molecule has 0 spiro atoms. The van der Waals surface area contributed by atoms with Crippen LogP contribution >= 0.6 is 12.2 Å². The topological polar surface area (TPSA) is 91.6 Å². The van der Waals surface area contributed by atoms with Gasteiger partial charge in [0.1, 0.15) is 5.57 Å². The third-order valence-corrected chi connectivity index (χ3v) is 5.86. The molecule has 1 saturated heterocycles. The molecular formula is C25H21N3O4S. The molecule has 33 heavy (non-hydrogen) atoms. The maximum Gasteiger partial charge on any atom is 0.335 e. The van der Waals surface area contributed by atoms with Crippen molar-refractivity contribution in [2.45, 2.75) is 20.8 Å². The van der Waals surface area contributed by atoms with E-state index in [4.69, 9.17) is 12.2 Å². The van der Waals surface area contributed by atoms with Gasteiger partial charge >= 0.3 is 5.97 Å². The van der Waals surface area contributed by atoms with Crippen molar-refractivity contribution < 1.29 is 19.5 Å². The van der Waals surface area contributed by atoms with Crippen LogP contribution in [0.25, 0.3) is 11.8 Å². The van der Waals surface area contributed by atoms with Gasteiger partial charge in [0.25, 0.3) is 11.8 Å². The van der Waals surface area contributed by atoms with Gasteiger partial charge in [0.05, 0.1) is 11.3 Å². The van der Waals surface area contributed by atoms with Crippen LogP contribution in [-0.4, -0.2) is 32.6 Å². The molecule has 166 valence electrons. The molecule has 0 radical (unpaired) electrons. The number of carboxylic acids is 1. The number of amides is 2. The zero-order valence-corrected chi connectivity index (χ0v) is 19.1. The van der Waals surface area contributed by atoms with E-state index in [1.54, 1.807) is 36.4 Å². The van der Waals surface area contributed by atoms with Crippen molar-refractivity contribution >= 4 is 46.9 Å². The van der Waals surface area contributed by atoms with Gasteiger partial charge in [-0.2, -0.15) is 0 Å². The van der Waals surface area contributed by atoms with Gasteiger partial charge in [-0.25, -0.2) is 4.79 Å². The van der Waals surface area contributed by atoms with Crippen molar-refractivity contribution in [3.63, 3.8) is 0 Å². The first-order valence-corrected chi connectivity index (χ1v) is 10.6. The predicted molar refractivity (Wildman–Crippen MR) is 130 cm³/mol. The molecule has 3 aromatic rings. The lowest BCUT2D eigenvalue weighted by Gasteiger charge is -2.30. The van der Waals surface area contributed by atoms with Gasteiger partial charge in [-0.05, 0) is 80.5 Å². The Morgan fingerprint density at radius 1 is 1.03 bits per heavy atom. The number of aromatic nitrogens is 1.